The molecule has 1 saturated heterocycles. The first-order chi connectivity index (χ1) is 12.3. The van der Waals surface area contributed by atoms with Crippen LogP contribution in [0.5, 0.6) is 0 Å². The number of aryl methyl sites for hydroxylation is 1. The molecule has 1 fully saturated rings. The summed E-state index contributed by atoms with van der Waals surface area (Å²) in [6.07, 6.45) is 4.29. The molecule has 25 heavy (non-hydrogen) atoms. The van der Waals surface area contributed by atoms with Gasteiger partial charge in [0.2, 0.25) is 0 Å². The minimum absolute atomic E-state index is 0.0865. The maximum atomic E-state index is 12.4. The van der Waals surface area contributed by atoms with E-state index in [1.807, 2.05) is 0 Å². The van der Waals surface area contributed by atoms with E-state index in [9.17, 15) is 4.79 Å². The first-order valence-electron chi connectivity index (χ1n) is 8.87. The molecule has 5 heteroatoms. The molecule has 0 radical (unpaired) electrons. The Bertz CT molecular complexity index is 667. The number of hydrogen-bond acceptors (Lipinski definition) is 4. The van der Waals surface area contributed by atoms with E-state index in [0.717, 1.165) is 32.7 Å². The summed E-state index contributed by atoms with van der Waals surface area (Å²) < 4.78 is 5.48. The number of ether oxygens (including phenoxy) is 1. The summed E-state index contributed by atoms with van der Waals surface area (Å²) in [7, 11) is 0. The van der Waals surface area contributed by atoms with E-state index in [4.69, 9.17) is 4.74 Å². The predicted octanol–water partition coefficient (Wildman–Crippen LogP) is 2.45. The van der Waals surface area contributed by atoms with Gasteiger partial charge >= 0.3 is 0 Å². The molecule has 3 rings (SSSR count). The van der Waals surface area contributed by atoms with Crippen LogP contribution in [0.25, 0.3) is 0 Å². The van der Waals surface area contributed by atoms with Gasteiger partial charge < -0.3 is 10.1 Å². The number of morpholine rings is 1. The van der Waals surface area contributed by atoms with Crippen molar-refractivity contribution < 1.29 is 9.53 Å². The summed E-state index contributed by atoms with van der Waals surface area (Å²) >= 11 is 0. The number of rotatable bonds is 6. The lowest BCUT2D eigenvalue weighted by Gasteiger charge is -2.35. The molecular formula is C20H25N3O2. The molecule has 0 aliphatic carbocycles. The van der Waals surface area contributed by atoms with Gasteiger partial charge in [0.1, 0.15) is 0 Å². The maximum absolute atomic E-state index is 12.4. The monoisotopic (exact) mass is 339 g/mol. The van der Waals surface area contributed by atoms with E-state index in [-0.39, 0.29) is 11.9 Å². The first kappa shape index (κ1) is 17.6. The first-order valence-corrected chi connectivity index (χ1v) is 8.87. The third-order valence-corrected chi connectivity index (χ3v) is 4.64. The molecule has 1 aliphatic heterocycles. The number of carbonyl (C=O) groups is 1. The number of benzene rings is 1. The van der Waals surface area contributed by atoms with E-state index in [2.05, 4.69) is 46.4 Å². The molecule has 0 bridgehead atoms. The van der Waals surface area contributed by atoms with Crippen molar-refractivity contribution in [2.45, 2.75) is 19.4 Å². The van der Waals surface area contributed by atoms with E-state index in [0.29, 0.717) is 12.1 Å². The zero-order valence-electron chi connectivity index (χ0n) is 14.6. The molecule has 5 nitrogen and oxygen atoms in total. The fraction of sp³-hybridized carbons (Fsp3) is 0.400. The van der Waals surface area contributed by atoms with E-state index >= 15 is 0 Å². The number of carbonyl (C=O) groups excluding carboxylic acids is 1. The summed E-state index contributed by atoms with van der Waals surface area (Å²) in [4.78, 5) is 18.8. The molecule has 2 heterocycles. The van der Waals surface area contributed by atoms with Crippen LogP contribution in [0.4, 0.5) is 0 Å². The van der Waals surface area contributed by atoms with Gasteiger partial charge in [-0.05, 0) is 29.7 Å². The normalized spacial score (nSPS) is 16.4. The van der Waals surface area contributed by atoms with Gasteiger partial charge in [0.05, 0.1) is 24.8 Å². The van der Waals surface area contributed by atoms with Crippen LogP contribution in [0.3, 0.4) is 0 Å². The molecule has 0 saturated carbocycles. The van der Waals surface area contributed by atoms with E-state index < -0.39 is 0 Å². The number of nitrogens with one attached hydrogen (secondary N) is 1. The van der Waals surface area contributed by atoms with Crippen molar-refractivity contribution in [2.75, 3.05) is 32.8 Å². The Balaban J connectivity index is 1.72. The van der Waals surface area contributed by atoms with Crippen LogP contribution >= 0.6 is 0 Å². The topological polar surface area (TPSA) is 54.5 Å². The van der Waals surface area contributed by atoms with Crippen molar-refractivity contribution >= 4 is 5.91 Å². The third kappa shape index (κ3) is 4.65. The Morgan fingerprint density at radius 1 is 1.24 bits per heavy atom. The highest BCUT2D eigenvalue weighted by Crippen LogP contribution is 2.22. The molecule has 1 N–H and O–H groups in total. The lowest BCUT2D eigenvalue weighted by Crippen LogP contribution is -2.43. The summed E-state index contributed by atoms with van der Waals surface area (Å²) in [5, 5.41) is 3.06. The molecule has 1 aliphatic rings. The van der Waals surface area contributed by atoms with Gasteiger partial charge in [-0.2, -0.15) is 0 Å². The average Bonchev–Trinajstić information content (AvgIpc) is 2.70. The molecule has 1 aromatic carbocycles. The second-order valence-corrected chi connectivity index (χ2v) is 6.21. The Labute approximate surface area is 149 Å². The fourth-order valence-electron chi connectivity index (χ4n) is 3.11. The minimum Gasteiger partial charge on any atom is -0.379 e. The smallest absolute Gasteiger partial charge is 0.252 e. The van der Waals surface area contributed by atoms with Crippen molar-refractivity contribution in [1.29, 1.82) is 0 Å². The summed E-state index contributed by atoms with van der Waals surface area (Å²) in [6, 6.07) is 12.4. The summed E-state index contributed by atoms with van der Waals surface area (Å²) in [6.45, 7) is 5.95. The number of aromatic nitrogens is 1. The SMILES string of the molecule is CCc1ccc(C(CNC(=O)c2cccnc2)N2CCOCC2)cc1. The Morgan fingerprint density at radius 2 is 2.00 bits per heavy atom. The number of amides is 1. The number of pyridine rings is 1. The lowest BCUT2D eigenvalue weighted by molar-refractivity contribution is 0.0162. The standard InChI is InChI=1S/C20H25N3O2/c1-2-16-5-7-17(8-6-16)19(23-10-12-25-13-11-23)15-22-20(24)18-4-3-9-21-14-18/h3-9,14,19H,2,10-13,15H2,1H3,(H,22,24). The van der Waals surface area contributed by atoms with Gasteiger partial charge in [-0.25, -0.2) is 0 Å². The van der Waals surface area contributed by atoms with E-state index in [1.54, 1.807) is 24.5 Å². The highest BCUT2D eigenvalue weighted by molar-refractivity contribution is 5.93. The molecule has 132 valence electrons. The van der Waals surface area contributed by atoms with Crippen molar-refractivity contribution in [1.82, 2.24) is 15.2 Å². The van der Waals surface area contributed by atoms with Crippen molar-refractivity contribution in [3.63, 3.8) is 0 Å². The lowest BCUT2D eigenvalue weighted by atomic mass is 10.0. The minimum atomic E-state index is -0.0865. The van der Waals surface area contributed by atoms with Crippen LogP contribution in [0.15, 0.2) is 48.8 Å². The number of hydrogen-bond donors (Lipinski definition) is 1. The molecule has 0 spiro atoms. The molecule has 1 atom stereocenters. The van der Waals surface area contributed by atoms with Crippen LogP contribution in [0.2, 0.25) is 0 Å². The van der Waals surface area contributed by atoms with Crippen LogP contribution in [-0.4, -0.2) is 48.6 Å². The van der Waals surface area contributed by atoms with Crippen LogP contribution in [0.1, 0.15) is 34.5 Å². The molecular weight excluding hydrogens is 314 g/mol. The third-order valence-electron chi connectivity index (χ3n) is 4.64. The van der Waals surface area contributed by atoms with Crippen molar-refractivity contribution in [3.05, 3.63) is 65.5 Å². The molecule has 2 aromatic rings. The van der Waals surface area contributed by atoms with Crippen LogP contribution in [-0.2, 0) is 11.2 Å². The second-order valence-electron chi connectivity index (χ2n) is 6.21. The highest BCUT2D eigenvalue weighted by atomic mass is 16.5. The van der Waals surface area contributed by atoms with Crippen LogP contribution in [0, 0.1) is 0 Å². The van der Waals surface area contributed by atoms with Gasteiger partial charge in [0, 0.05) is 32.0 Å². The predicted molar refractivity (Wildman–Crippen MR) is 97.5 cm³/mol. The van der Waals surface area contributed by atoms with Gasteiger partial charge in [0.15, 0.2) is 0 Å². The van der Waals surface area contributed by atoms with Gasteiger partial charge in [-0.15, -0.1) is 0 Å². The fourth-order valence-corrected chi connectivity index (χ4v) is 3.11. The summed E-state index contributed by atoms with van der Waals surface area (Å²) in [5.41, 5.74) is 3.14. The Hall–Kier alpha value is -2.24. The number of nitrogens with zero attached hydrogens (tertiary/aromatic N) is 2. The molecule has 1 unspecified atom stereocenters. The van der Waals surface area contributed by atoms with Gasteiger partial charge in [-0.3, -0.25) is 14.7 Å². The Kier molecular flexibility index (Phi) is 6.14. The van der Waals surface area contributed by atoms with Crippen LogP contribution < -0.4 is 5.32 Å². The van der Waals surface area contributed by atoms with E-state index in [1.165, 1.54) is 11.1 Å². The quantitative estimate of drug-likeness (QED) is 0.878. The zero-order valence-corrected chi connectivity index (χ0v) is 14.6. The largest absolute Gasteiger partial charge is 0.379 e. The van der Waals surface area contributed by atoms with Crippen molar-refractivity contribution in [2.24, 2.45) is 0 Å². The zero-order chi connectivity index (χ0) is 17.5. The van der Waals surface area contributed by atoms with Crippen molar-refractivity contribution in [3.8, 4) is 0 Å². The molecule has 1 amide bonds. The molecule has 1 aromatic heterocycles. The average molecular weight is 339 g/mol. The second kappa shape index (κ2) is 8.74. The highest BCUT2D eigenvalue weighted by Gasteiger charge is 2.23. The van der Waals surface area contributed by atoms with Gasteiger partial charge in [0.25, 0.3) is 5.91 Å². The van der Waals surface area contributed by atoms with Gasteiger partial charge in [-0.1, -0.05) is 31.2 Å². The maximum Gasteiger partial charge on any atom is 0.252 e. The summed E-state index contributed by atoms with van der Waals surface area (Å²) in [5.74, 6) is -0.0865. The Morgan fingerprint density at radius 3 is 2.64 bits per heavy atom.